The number of piperidine rings is 1. The molecule has 3 aromatic rings. The molecule has 0 bridgehead atoms. The lowest BCUT2D eigenvalue weighted by molar-refractivity contribution is -0.140. The van der Waals surface area contributed by atoms with Gasteiger partial charge in [-0.05, 0) is 88.1 Å². The number of aromatic nitrogens is 1. The second-order valence-corrected chi connectivity index (χ2v) is 11.8. The van der Waals surface area contributed by atoms with Gasteiger partial charge in [0.2, 0.25) is 0 Å². The average molecular weight is 590 g/mol. The summed E-state index contributed by atoms with van der Waals surface area (Å²) >= 11 is 1.57. The number of hydrogen-bond acceptors (Lipinski definition) is 7. The molecule has 1 aromatic heterocycles. The van der Waals surface area contributed by atoms with Gasteiger partial charge in [0.1, 0.15) is 12.3 Å². The molecule has 222 valence electrons. The zero-order valence-corrected chi connectivity index (χ0v) is 24.7. The number of alkyl halides is 3. The number of benzene rings is 2. The Bertz CT molecular complexity index is 1370. The van der Waals surface area contributed by atoms with E-state index < -0.39 is 12.7 Å². The summed E-state index contributed by atoms with van der Waals surface area (Å²) in [5.41, 5.74) is 2.36. The smallest absolute Gasteiger partial charge is 0.406 e. The standard InChI is InChI=1S/C30H38F3N5O2S/c1-21(39)19-37-15-12-22(13-16-37)35-26-8-5-9-28-25(26)17-23(38(28)20-30(31,32)33)7-6-14-34-27-11-10-24(41-36(2)3)18-29(27)40-4/h5,8-11,17-18,21-22,34-35,39H,12-16,19-20H2,1-4H3. The van der Waals surface area contributed by atoms with Gasteiger partial charge in [-0.3, -0.25) is 4.31 Å². The first-order valence-electron chi connectivity index (χ1n) is 13.6. The molecule has 41 heavy (non-hydrogen) atoms. The van der Waals surface area contributed by atoms with Crippen molar-refractivity contribution in [1.29, 1.82) is 0 Å². The first-order valence-corrected chi connectivity index (χ1v) is 14.4. The van der Waals surface area contributed by atoms with Gasteiger partial charge < -0.3 is 29.9 Å². The van der Waals surface area contributed by atoms with Crippen molar-refractivity contribution in [3.05, 3.63) is 48.2 Å². The maximum atomic E-state index is 13.6. The number of methoxy groups -OCH3 is 1. The Labute approximate surface area is 244 Å². The lowest BCUT2D eigenvalue weighted by Gasteiger charge is -2.33. The van der Waals surface area contributed by atoms with Gasteiger partial charge in [0.05, 0.1) is 36.7 Å². The number of hydrogen-bond donors (Lipinski definition) is 3. The second kappa shape index (κ2) is 13.7. The van der Waals surface area contributed by atoms with Crippen molar-refractivity contribution in [2.24, 2.45) is 0 Å². The number of β-amino-alcohol motifs (C(OH)–C–C–N with tert-alkyl or cyclic N) is 1. The van der Waals surface area contributed by atoms with E-state index in [1.165, 1.54) is 4.57 Å². The van der Waals surface area contributed by atoms with Gasteiger partial charge >= 0.3 is 6.18 Å². The van der Waals surface area contributed by atoms with Crippen molar-refractivity contribution in [2.75, 3.05) is 58.0 Å². The van der Waals surface area contributed by atoms with Crippen LogP contribution in [0.4, 0.5) is 24.5 Å². The van der Waals surface area contributed by atoms with Gasteiger partial charge in [0.15, 0.2) is 0 Å². The number of anilines is 2. The van der Waals surface area contributed by atoms with Crippen molar-refractivity contribution in [2.45, 2.75) is 49.5 Å². The molecule has 2 heterocycles. The summed E-state index contributed by atoms with van der Waals surface area (Å²) in [6.07, 6.45) is -2.97. The van der Waals surface area contributed by atoms with Crippen molar-refractivity contribution >= 4 is 34.2 Å². The van der Waals surface area contributed by atoms with Crippen LogP contribution in [-0.4, -0.2) is 84.6 Å². The molecule has 2 aromatic carbocycles. The molecule has 0 saturated carbocycles. The first kappa shape index (κ1) is 30.9. The molecular formula is C30H38F3N5O2S. The van der Waals surface area contributed by atoms with Crippen molar-refractivity contribution < 1.29 is 23.0 Å². The van der Waals surface area contributed by atoms with E-state index in [4.69, 9.17) is 4.74 Å². The molecule has 0 spiro atoms. The third kappa shape index (κ3) is 8.72. The summed E-state index contributed by atoms with van der Waals surface area (Å²) in [6.45, 7) is 3.27. The zero-order chi connectivity index (χ0) is 29.6. The number of nitrogens with zero attached hydrogens (tertiary/aromatic N) is 3. The summed E-state index contributed by atoms with van der Waals surface area (Å²) in [7, 11) is 5.51. The maximum absolute atomic E-state index is 13.6. The van der Waals surface area contributed by atoms with E-state index in [9.17, 15) is 18.3 Å². The Morgan fingerprint density at radius 1 is 1.15 bits per heavy atom. The van der Waals surface area contributed by atoms with E-state index in [-0.39, 0.29) is 18.7 Å². The van der Waals surface area contributed by atoms with Crippen LogP contribution in [0.2, 0.25) is 0 Å². The Kier molecular flexibility index (Phi) is 10.4. The van der Waals surface area contributed by atoms with Crippen molar-refractivity contribution in [1.82, 2.24) is 13.8 Å². The van der Waals surface area contributed by atoms with E-state index in [2.05, 4.69) is 27.4 Å². The molecular weight excluding hydrogens is 551 g/mol. The molecule has 1 aliphatic heterocycles. The molecule has 0 radical (unpaired) electrons. The SMILES string of the molecule is COc1cc(SN(C)C)ccc1NCC#Cc1cc2c(NC3CCN(CC(C)O)CC3)cccc2n1CC(F)(F)F. The Morgan fingerprint density at radius 3 is 2.56 bits per heavy atom. The first-order chi connectivity index (χ1) is 19.5. The molecule has 7 nitrogen and oxygen atoms in total. The number of fused-ring (bicyclic) bond motifs is 1. The van der Waals surface area contributed by atoms with E-state index >= 15 is 0 Å². The number of nitrogens with one attached hydrogen (secondary N) is 2. The Morgan fingerprint density at radius 2 is 1.90 bits per heavy atom. The predicted octanol–water partition coefficient (Wildman–Crippen LogP) is 5.50. The van der Waals surface area contributed by atoms with Crippen LogP contribution in [0.1, 0.15) is 25.5 Å². The Balaban J connectivity index is 1.52. The normalized spacial score (nSPS) is 15.5. The molecule has 0 amide bonds. The van der Waals surface area contributed by atoms with Gasteiger partial charge in [-0.15, -0.1) is 0 Å². The van der Waals surface area contributed by atoms with E-state index in [0.29, 0.717) is 23.5 Å². The van der Waals surface area contributed by atoms with E-state index in [0.717, 1.165) is 47.6 Å². The fourth-order valence-electron chi connectivity index (χ4n) is 5.08. The number of aliphatic hydroxyl groups excluding tert-OH is 1. The van der Waals surface area contributed by atoms with Gasteiger partial charge in [0.25, 0.3) is 0 Å². The monoisotopic (exact) mass is 589 g/mol. The fraction of sp³-hybridized carbons (Fsp3) is 0.467. The molecule has 4 rings (SSSR count). The quantitative estimate of drug-likeness (QED) is 0.213. The van der Waals surface area contributed by atoms with Crippen LogP contribution in [0.25, 0.3) is 10.9 Å². The largest absolute Gasteiger partial charge is 0.495 e. The van der Waals surface area contributed by atoms with E-state index in [1.54, 1.807) is 44.2 Å². The lowest BCUT2D eigenvalue weighted by atomic mass is 10.0. The van der Waals surface area contributed by atoms with Gasteiger partial charge in [-0.25, -0.2) is 0 Å². The molecule has 1 unspecified atom stereocenters. The highest BCUT2D eigenvalue weighted by molar-refractivity contribution is 7.97. The third-order valence-corrected chi connectivity index (χ3v) is 7.63. The topological polar surface area (TPSA) is 64.9 Å². The summed E-state index contributed by atoms with van der Waals surface area (Å²) < 4.78 is 49.5. The Hall–Kier alpha value is -3.04. The number of halogens is 3. The minimum atomic E-state index is -4.39. The maximum Gasteiger partial charge on any atom is 0.406 e. The number of ether oxygens (including phenoxy) is 1. The summed E-state index contributed by atoms with van der Waals surface area (Å²) in [5.74, 6) is 6.62. The van der Waals surface area contributed by atoms with Gasteiger partial charge in [-0.1, -0.05) is 12.0 Å². The number of aliphatic hydroxyl groups is 1. The average Bonchev–Trinajstić information content (AvgIpc) is 3.24. The van der Waals surface area contributed by atoms with Crippen LogP contribution in [0, 0.1) is 11.8 Å². The molecule has 3 N–H and O–H groups in total. The van der Waals surface area contributed by atoms with Crippen LogP contribution in [-0.2, 0) is 6.54 Å². The number of rotatable bonds is 10. The molecule has 1 fully saturated rings. The summed E-state index contributed by atoms with van der Waals surface area (Å²) in [4.78, 5) is 3.26. The van der Waals surface area contributed by atoms with Gasteiger partial charge in [-0.2, -0.15) is 13.2 Å². The zero-order valence-electron chi connectivity index (χ0n) is 23.9. The third-order valence-electron chi connectivity index (χ3n) is 6.80. The van der Waals surface area contributed by atoms with Crippen LogP contribution in [0.5, 0.6) is 5.75 Å². The highest BCUT2D eigenvalue weighted by Crippen LogP contribution is 2.32. The van der Waals surface area contributed by atoms with Crippen molar-refractivity contribution in [3.63, 3.8) is 0 Å². The molecule has 1 saturated heterocycles. The summed E-state index contributed by atoms with van der Waals surface area (Å²) in [6, 6.07) is 13.1. The number of likely N-dealkylation sites (tertiary alicyclic amines) is 1. The molecule has 11 heteroatoms. The van der Waals surface area contributed by atoms with Crippen molar-refractivity contribution in [3.8, 4) is 17.6 Å². The van der Waals surface area contributed by atoms with Crippen LogP contribution < -0.4 is 15.4 Å². The summed E-state index contributed by atoms with van der Waals surface area (Å²) in [5, 5.41) is 17.2. The van der Waals surface area contributed by atoms with Crippen LogP contribution in [0.3, 0.4) is 0 Å². The van der Waals surface area contributed by atoms with Crippen LogP contribution in [0.15, 0.2) is 47.4 Å². The molecule has 1 aliphatic rings. The van der Waals surface area contributed by atoms with Crippen LogP contribution >= 0.6 is 11.9 Å². The highest BCUT2D eigenvalue weighted by Gasteiger charge is 2.30. The minimum absolute atomic E-state index is 0.202. The highest BCUT2D eigenvalue weighted by atomic mass is 32.2. The molecule has 1 atom stereocenters. The fourth-order valence-corrected chi connectivity index (χ4v) is 5.79. The van der Waals surface area contributed by atoms with E-state index in [1.807, 2.05) is 42.7 Å². The van der Waals surface area contributed by atoms with Gasteiger partial charge in [0, 0.05) is 41.6 Å². The lowest BCUT2D eigenvalue weighted by Crippen LogP contribution is -2.41. The predicted molar refractivity (Wildman–Crippen MR) is 161 cm³/mol. The minimum Gasteiger partial charge on any atom is -0.495 e. The molecule has 0 aliphatic carbocycles. The second-order valence-electron chi connectivity index (χ2n) is 10.5.